The lowest BCUT2D eigenvalue weighted by atomic mass is 9.92. The Balaban J connectivity index is 2.08. The van der Waals surface area contributed by atoms with Gasteiger partial charge in [-0.3, -0.25) is 4.90 Å². The molecule has 2 nitrogen and oxygen atoms in total. The molecule has 2 N–H and O–H groups in total. The van der Waals surface area contributed by atoms with Gasteiger partial charge in [0.25, 0.3) is 0 Å². The monoisotopic (exact) mass is 260 g/mol. The minimum Gasteiger partial charge on any atom is -0.329 e. The van der Waals surface area contributed by atoms with E-state index in [1.54, 1.807) is 0 Å². The summed E-state index contributed by atoms with van der Waals surface area (Å²) in [4.78, 5) is 2.51. The molecule has 0 aromatic heterocycles. The Morgan fingerprint density at radius 2 is 1.79 bits per heavy atom. The lowest BCUT2D eigenvalue weighted by Gasteiger charge is -2.37. The van der Waals surface area contributed by atoms with Crippen molar-refractivity contribution in [2.45, 2.75) is 57.5 Å². The largest absolute Gasteiger partial charge is 0.329 e. The summed E-state index contributed by atoms with van der Waals surface area (Å²) in [5, 5.41) is 0. The molecule has 1 unspecified atom stereocenters. The molecule has 106 valence electrons. The zero-order valence-electron chi connectivity index (χ0n) is 12.4. The topological polar surface area (TPSA) is 29.3 Å². The summed E-state index contributed by atoms with van der Waals surface area (Å²) in [6.45, 7) is 2.90. The molecule has 1 aliphatic carbocycles. The molecule has 0 aliphatic heterocycles. The van der Waals surface area contributed by atoms with Crippen molar-refractivity contribution in [1.82, 2.24) is 4.90 Å². The van der Waals surface area contributed by atoms with Crippen LogP contribution >= 0.6 is 0 Å². The maximum Gasteiger partial charge on any atom is 0.0470 e. The number of hydrogen-bond donors (Lipinski definition) is 1. The van der Waals surface area contributed by atoms with Crippen LogP contribution in [0.4, 0.5) is 0 Å². The van der Waals surface area contributed by atoms with E-state index in [1.807, 2.05) is 0 Å². The molecule has 1 aromatic rings. The first-order valence-corrected chi connectivity index (χ1v) is 7.77. The Morgan fingerprint density at radius 1 is 1.16 bits per heavy atom. The quantitative estimate of drug-likeness (QED) is 0.878. The summed E-state index contributed by atoms with van der Waals surface area (Å²) in [6, 6.07) is 10.1. The zero-order valence-corrected chi connectivity index (χ0v) is 12.4. The molecule has 19 heavy (non-hydrogen) atoms. The maximum atomic E-state index is 6.04. The Labute approximate surface area is 118 Å². The van der Waals surface area contributed by atoms with Gasteiger partial charge in [-0.25, -0.2) is 0 Å². The van der Waals surface area contributed by atoms with Crippen molar-refractivity contribution in [2.24, 2.45) is 5.73 Å². The van der Waals surface area contributed by atoms with Crippen molar-refractivity contribution in [3.8, 4) is 0 Å². The van der Waals surface area contributed by atoms with Crippen LogP contribution < -0.4 is 5.73 Å². The van der Waals surface area contributed by atoms with Crippen molar-refractivity contribution >= 4 is 0 Å². The third-order valence-corrected chi connectivity index (χ3v) is 4.64. The van der Waals surface area contributed by atoms with E-state index in [0.717, 1.165) is 6.42 Å². The first-order chi connectivity index (χ1) is 9.26. The molecule has 0 amide bonds. The van der Waals surface area contributed by atoms with E-state index in [1.165, 1.54) is 43.2 Å². The minimum atomic E-state index is 0.369. The molecule has 0 spiro atoms. The molecule has 1 fully saturated rings. The highest BCUT2D eigenvalue weighted by Gasteiger charge is 2.24. The van der Waals surface area contributed by atoms with Gasteiger partial charge in [0.05, 0.1) is 0 Å². The van der Waals surface area contributed by atoms with Crippen LogP contribution in [0.5, 0.6) is 0 Å². The predicted octanol–water partition coefficient (Wildman–Crippen LogP) is 3.51. The number of hydrogen-bond acceptors (Lipinski definition) is 2. The normalized spacial score (nSPS) is 18.7. The highest BCUT2D eigenvalue weighted by Crippen LogP contribution is 2.28. The van der Waals surface area contributed by atoms with Crippen molar-refractivity contribution in [3.05, 3.63) is 35.4 Å². The molecule has 2 heteroatoms. The van der Waals surface area contributed by atoms with Crippen LogP contribution in [0.25, 0.3) is 0 Å². The van der Waals surface area contributed by atoms with Crippen LogP contribution in [-0.4, -0.2) is 24.5 Å². The molecule has 1 saturated carbocycles. The van der Waals surface area contributed by atoms with E-state index in [0.29, 0.717) is 18.6 Å². The van der Waals surface area contributed by atoms with Gasteiger partial charge >= 0.3 is 0 Å². The van der Waals surface area contributed by atoms with E-state index in [4.69, 9.17) is 5.73 Å². The third kappa shape index (κ3) is 3.58. The van der Waals surface area contributed by atoms with Gasteiger partial charge in [-0.1, -0.05) is 50.5 Å². The minimum absolute atomic E-state index is 0.369. The molecule has 1 aliphatic rings. The Morgan fingerprint density at radius 3 is 2.32 bits per heavy atom. The van der Waals surface area contributed by atoms with Gasteiger partial charge in [-0.2, -0.15) is 0 Å². The fraction of sp³-hybridized carbons (Fsp3) is 0.647. The standard InChI is InChI=1S/C17H28N2/c1-3-14-9-11-15(12-10-14)17(13-18)19(2)16-7-5-4-6-8-16/h9-12,16-17H,3-8,13,18H2,1-2H3. The summed E-state index contributed by atoms with van der Waals surface area (Å²) in [5.41, 5.74) is 8.81. The number of rotatable bonds is 5. The molecule has 0 radical (unpaired) electrons. The maximum absolute atomic E-state index is 6.04. The lowest BCUT2D eigenvalue weighted by Crippen LogP contribution is -2.39. The van der Waals surface area contributed by atoms with Gasteiger partial charge in [0.15, 0.2) is 0 Å². The fourth-order valence-electron chi connectivity index (χ4n) is 3.26. The number of aryl methyl sites for hydroxylation is 1. The van der Waals surface area contributed by atoms with Crippen molar-refractivity contribution < 1.29 is 0 Å². The highest BCUT2D eigenvalue weighted by molar-refractivity contribution is 5.25. The van der Waals surface area contributed by atoms with Crippen LogP contribution in [-0.2, 0) is 6.42 Å². The summed E-state index contributed by atoms with van der Waals surface area (Å²) in [6.07, 6.45) is 7.93. The van der Waals surface area contributed by atoms with E-state index < -0.39 is 0 Å². The Hall–Kier alpha value is -0.860. The van der Waals surface area contributed by atoms with Gasteiger partial charge in [-0.05, 0) is 37.4 Å². The van der Waals surface area contributed by atoms with E-state index >= 15 is 0 Å². The van der Waals surface area contributed by atoms with E-state index in [2.05, 4.69) is 43.1 Å². The summed E-state index contributed by atoms with van der Waals surface area (Å²) in [7, 11) is 2.25. The predicted molar refractivity (Wildman–Crippen MR) is 82.3 cm³/mol. The molecule has 1 aromatic carbocycles. The van der Waals surface area contributed by atoms with Crippen LogP contribution in [0.3, 0.4) is 0 Å². The van der Waals surface area contributed by atoms with Gasteiger partial charge in [0, 0.05) is 18.6 Å². The van der Waals surface area contributed by atoms with E-state index in [-0.39, 0.29) is 0 Å². The summed E-state index contributed by atoms with van der Waals surface area (Å²) >= 11 is 0. The number of likely N-dealkylation sites (N-methyl/N-ethyl adjacent to an activating group) is 1. The number of nitrogens with two attached hydrogens (primary N) is 1. The van der Waals surface area contributed by atoms with Gasteiger partial charge in [0.2, 0.25) is 0 Å². The fourth-order valence-corrected chi connectivity index (χ4v) is 3.26. The van der Waals surface area contributed by atoms with Gasteiger partial charge < -0.3 is 5.73 Å². The van der Waals surface area contributed by atoms with Crippen LogP contribution in [0.2, 0.25) is 0 Å². The molecule has 2 rings (SSSR count). The molecule has 0 bridgehead atoms. The van der Waals surface area contributed by atoms with Crippen molar-refractivity contribution in [2.75, 3.05) is 13.6 Å². The average Bonchev–Trinajstić information content (AvgIpc) is 2.49. The second-order valence-corrected chi connectivity index (χ2v) is 5.80. The first kappa shape index (κ1) is 14.5. The average molecular weight is 260 g/mol. The number of nitrogens with zero attached hydrogens (tertiary/aromatic N) is 1. The lowest BCUT2D eigenvalue weighted by molar-refractivity contribution is 0.141. The van der Waals surface area contributed by atoms with Gasteiger partial charge in [0.1, 0.15) is 0 Å². The SMILES string of the molecule is CCc1ccc(C(CN)N(C)C2CCCCC2)cc1. The Kier molecular flexibility index (Phi) is 5.41. The van der Waals surface area contributed by atoms with Crippen molar-refractivity contribution in [3.63, 3.8) is 0 Å². The van der Waals surface area contributed by atoms with Gasteiger partial charge in [-0.15, -0.1) is 0 Å². The van der Waals surface area contributed by atoms with Crippen molar-refractivity contribution in [1.29, 1.82) is 0 Å². The van der Waals surface area contributed by atoms with Crippen LogP contribution in [0, 0.1) is 0 Å². The molecule has 0 saturated heterocycles. The first-order valence-electron chi connectivity index (χ1n) is 7.77. The van der Waals surface area contributed by atoms with Crippen LogP contribution in [0.15, 0.2) is 24.3 Å². The summed E-state index contributed by atoms with van der Waals surface area (Å²) < 4.78 is 0. The molecular weight excluding hydrogens is 232 g/mol. The smallest absolute Gasteiger partial charge is 0.0470 e. The van der Waals surface area contributed by atoms with E-state index in [9.17, 15) is 0 Å². The molecule has 1 atom stereocenters. The summed E-state index contributed by atoms with van der Waals surface area (Å²) in [5.74, 6) is 0. The molecule has 0 heterocycles. The Bertz CT molecular complexity index is 365. The molecular formula is C17H28N2. The second-order valence-electron chi connectivity index (χ2n) is 5.80. The third-order valence-electron chi connectivity index (χ3n) is 4.64. The zero-order chi connectivity index (χ0) is 13.7. The highest BCUT2D eigenvalue weighted by atomic mass is 15.2. The van der Waals surface area contributed by atoms with Crippen LogP contribution in [0.1, 0.15) is 56.2 Å². The number of benzene rings is 1. The second kappa shape index (κ2) is 7.06.